The Kier molecular flexibility index (Phi) is 4.66. The van der Waals surface area contributed by atoms with Crippen LogP contribution in [-0.4, -0.2) is 36.6 Å². The van der Waals surface area contributed by atoms with Crippen molar-refractivity contribution in [2.24, 2.45) is 0 Å². The minimum atomic E-state index is -0.584. The van der Waals surface area contributed by atoms with Gasteiger partial charge >= 0.3 is 0 Å². The summed E-state index contributed by atoms with van der Waals surface area (Å²) in [6.07, 6.45) is 0.106. The lowest BCUT2D eigenvalue weighted by Gasteiger charge is -2.14. The number of amides is 2. The molecular formula is C25H17N5O2S. The van der Waals surface area contributed by atoms with Gasteiger partial charge in [-0.1, -0.05) is 72.4 Å². The number of thioether (sulfide) groups is 1. The quantitative estimate of drug-likeness (QED) is 0.298. The molecule has 160 valence electrons. The van der Waals surface area contributed by atoms with Crippen molar-refractivity contribution in [3.8, 4) is 11.4 Å². The molecule has 0 spiro atoms. The largest absolute Gasteiger partial charge is 0.274 e. The van der Waals surface area contributed by atoms with Gasteiger partial charge in [0, 0.05) is 17.4 Å². The number of imide groups is 1. The molecule has 0 aliphatic carbocycles. The Balaban J connectivity index is 1.43. The highest BCUT2D eigenvalue weighted by Crippen LogP contribution is 2.35. The number of fused-ring (bicyclic) bond motifs is 3. The molecule has 0 radical (unpaired) electrons. The molecule has 0 bridgehead atoms. The molecule has 1 fully saturated rings. The lowest BCUT2D eigenvalue weighted by Crippen LogP contribution is -2.31. The Bertz CT molecular complexity index is 1520. The van der Waals surface area contributed by atoms with Crippen LogP contribution in [0.1, 0.15) is 6.42 Å². The first kappa shape index (κ1) is 19.6. The number of hydrogen-bond acceptors (Lipinski definition) is 6. The molecule has 5 aromatic rings. The predicted molar refractivity (Wildman–Crippen MR) is 127 cm³/mol. The zero-order chi connectivity index (χ0) is 22.4. The van der Waals surface area contributed by atoms with Crippen LogP contribution in [0.5, 0.6) is 0 Å². The average Bonchev–Trinajstić information content (AvgIpc) is 3.42. The lowest BCUT2D eigenvalue weighted by molar-refractivity contribution is -0.121. The minimum absolute atomic E-state index is 0.106. The van der Waals surface area contributed by atoms with Crippen LogP contribution in [-0.2, 0) is 9.59 Å². The van der Waals surface area contributed by atoms with Gasteiger partial charge in [0.15, 0.2) is 16.6 Å². The molecule has 1 atom stereocenters. The number of benzene rings is 3. The maximum absolute atomic E-state index is 13.2. The number of carbonyl (C=O) groups is 2. The first-order chi connectivity index (χ1) is 16.2. The van der Waals surface area contributed by atoms with Crippen LogP contribution in [0.3, 0.4) is 0 Å². The second-order valence-corrected chi connectivity index (χ2v) is 8.83. The van der Waals surface area contributed by atoms with E-state index in [0.29, 0.717) is 22.3 Å². The van der Waals surface area contributed by atoms with E-state index in [2.05, 4.69) is 0 Å². The van der Waals surface area contributed by atoms with Gasteiger partial charge in [0.25, 0.3) is 0 Å². The number of anilines is 1. The summed E-state index contributed by atoms with van der Waals surface area (Å²) in [6, 6.07) is 26.4. The third-order valence-electron chi connectivity index (χ3n) is 5.55. The van der Waals surface area contributed by atoms with Gasteiger partial charge in [-0.25, -0.2) is 14.9 Å². The SMILES string of the molecule is O=C1C[C@H](Sc2nc3ccccc3c3nc(-c4ccccc4)nn23)C(=O)N1c1ccccc1. The highest BCUT2D eigenvalue weighted by atomic mass is 32.2. The van der Waals surface area contributed by atoms with Crippen LogP contribution in [0.15, 0.2) is 90.1 Å². The van der Waals surface area contributed by atoms with Gasteiger partial charge in [-0.15, -0.1) is 5.10 Å². The van der Waals surface area contributed by atoms with Crippen LogP contribution < -0.4 is 4.90 Å². The Morgan fingerprint density at radius 2 is 1.52 bits per heavy atom. The van der Waals surface area contributed by atoms with Gasteiger partial charge in [0.1, 0.15) is 5.25 Å². The summed E-state index contributed by atoms with van der Waals surface area (Å²) in [5, 5.41) is 5.52. The summed E-state index contributed by atoms with van der Waals surface area (Å²) < 4.78 is 1.68. The summed E-state index contributed by atoms with van der Waals surface area (Å²) in [5.74, 6) is 0.113. The van der Waals surface area contributed by atoms with Crippen molar-refractivity contribution in [3.63, 3.8) is 0 Å². The Hall–Kier alpha value is -4.04. The zero-order valence-corrected chi connectivity index (χ0v) is 18.1. The van der Waals surface area contributed by atoms with Crippen molar-refractivity contribution >= 4 is 45.8 Å². The molecule has 7 nitrogen and oxygen atoms in total. The van der Waals surface area contributed by atoms with Gasteiger partial charge in [-0.05, 0) is 24.3 Å². The van der Waals surface area contributed by atoms with Crippen molar-refractivity contribution < 1.29 is 9.59 Å². The van der Waals surface area contributed by atoms with Crippen molar-refractivity contribution in [2.75, 3.05) is 4.90 Å². The molecule has 33 heavy (non-hydrogen) atoms. The Morgan fingerprint density at radius 3 is 2.30 bits per heavy atom. The summed E-state index contributed by atoms with van der Waals surface area (Å²) >= 11 is 1.25. The molecule has 0 N–H and O–H groups in total. The number of para-hydroxylation sites is 2. The number of rotatable bonds is 4. The minimum Gasteiger partial charge on any atom is -0.274 e. The summed E-state index contributed by atoms with van der Waals surface area (Å²) in [5.41, 5.74) is 2.90. The van der Waals surface area contributed by atoms with E-state index in [0.717, 1.165) is 16.5 Å². The van der Waals surface area contributed by atoms with E-state index in [1.165, 1.54) is 16.7 Å². The van der Waals surface area contributed by atoms with E-state index in [1.54, 1.807) is 16.6 Å². The third-order valence-corrected chi connectivity index (χ3v) is 6.68. The standard InChI is InChI=1S/C25H17N5O2S/c31-21-15-20(24(32)29(21)17-11-5-2-6-12-17)33-25-26-19-14-8-7-13-18(19)23-27-22(28-30(23)25)16-9-3-1-4-10-16/h1-14,20H,15H2/t20-/m0/s1. The fourth-order valence-electron chi connectivity index (χ4n) is 3.99. The van der Waals surface area contributed by atoms with Crippen molar-refractivity contribution in [1.82, 2.24) is 19.6 Å². The normalized spacial score (nSPS) is 16.2. The van der Waals surface area contributed by atoms with Gasteiger partial charge in [0.05, 0.1) is 11.2 Å². The van der Waals surface area contributed by atoms with Crippen LogP contribution in [0.25, 0.3) is 27.9 Å². The van der Waals surface area contributed by atoms with Crippen LogP contribution in [0.4, 0.5) is 5.69 Å². The van der Waals surface area contributed by atoms with E-state index >= 15 is 0 Å². The van der Waals surface area contributed by atoms with Crippen LogP contribution in [0, 0.1) is 0 Å². The third kappa shape index (κ3) is 3.35. The fraction of sp³-hybridized carbons (Fsp3) is 0.0800. The maximum atomic E-state index is 13.2. The maximum Gasteiger partial charge on any atom is 0.247 e. The van der Waals surface area contributed by atoms with Gasteiger partial charge < -0.3 is 0 Å². The first-order valence-electron chi connectivity index (χ1n) is 10.5. The Labute approximate surface area is 193 Å². The van der Waals surface area contributed by atoms with E-state index in [-0.39, 0.29) is 18.2 Å². The zero-order valence-electron chi connectivity index (χ0n) is 17.3. The highest BCUT2D eigenvalue weighted by molar-refractivity contribution is 8.00. The number of carbonyl (C=O) groups excluding carboxylic acids is 2. The topological polar surface area (TPSA) is 80.5 Å². The second kappa shape index (κ2) is 7.83. The van der Waals surface area contributed by atoms with Crippen molar-refractivity contribution in [1.29, 1.82) is 0 Å². The molecule has 6 rings (SSSR count). The fourth-order valence-corrected chi connectivity index (χ4v) is 5.05. The molecule has 3 aromatic carbocycles. The van der Waals surface area contributed by atoms with Gasteiger partial charge in [-0.2, -0.15) is 4.52 Å². The summed E-state index contributed by atoms with van der Waals surface area (Å²) in [4.78, 5) is 36.7. The molecule has 3 heterocycles. The highest BCUT2D eigenvalue weighted by Gasteiger charge is 2.41. The van der Waals surface area contributed by atoms with Crippen molar-refractivity contribution in [2.45, 2.75) is 16.8 Å². The molecule has 1 aliphatic heterocycles. The molecule has 8 heteroatoms. The smallest absolute Gasteiger partial charge is 0.247 e. The van der Waals surface area contributed by atoms with Crippen molar-refractivity contribution in [3.05, 3.63) is 84.9 Å². The molecule has 2 amide bonds. The van der Waals surface area contributed by atoms with E-state index < -0.39 is 5.25 Å². The lowest BCUT2D eigenvalue weighted by atomic mass is 10.2. The van der Waals surface area contributed by atoms with Gasteiger partial charge in [-0.3, -0.25) is 9.59 Å². The molecular weight excluding hydrogens is 434 g/mol. The van der Waals surface area contributed by atoms with Crippen LogP contribution >= 0.6 is 11.8 Å². The molecule has 1 aliphatic rings. The molecule has 0 unspecified atom stereocenters. The second-order valence-electron chi connectivity index (χ2n) is 7.66. The molecule has 0 saturated carbocycles. The first-order valence-corrected chi connectivity index (χ1v) is 11.4. The van der Waals surface area contributed by atoms with E-state index in [4.69, 9.17) is 15.1 Å². The molecule has 1 saturated heterocycles. The number of hydrogen-bond donors (Lipinski definition) is 0. The monoisotopic (exact) mass is 451 g/mol. The number of aromatic nitrogens is 4. The van der Waals surface area contributed by atoms with Crippen LogP contribution in [0.2, 0.25) is 0 Å². The van der Waals surface area contributed by atoms with E-state index in [9.17, 15) is 9.59 Å². The predicted octanol–water partition coefficient (Wildman–Crippen LogP) is 4.37. The molecule has 2 aromatic heterocycles. The van der Waals surface area contributed by atoms with E-state index in [1.807, 2.05) is 72.8 Å². The van der Waals surface area contributed by atoms with Gasteiger partial charge in [0.2, 0.25) is 11.8 Å². The summed E-state index contributed by atoms with van der Waals surface area (Å²) in [6.45, 7) is 0. The number of nitrogens with zero attached hydrogens (tertiary/aromatic N) is 5. The average molecular weight is 452 g/mol. The summed E-state index contributed by atoms with van der Waals surface area (Å²) in [7, 11) is 0. The Morgan fingerprint density at radius 1 is 0.818 bits per heavy atom.